The molecule has 3 N–H and O–H groups in total. The van der Waals surface area contributed by atoms with Crippen molar-refractivity contribution in [2.45, 2.75) is 36.7 Å². The second kappa shape index (κ2) is 8.33. The second-order valence-corrected chi connectivity index (χ2v) is 9.86. The van der Waals surface area contributed by atoms with Crippen LogP contribution in [-0.4, -0.2) is 24.0 Å². The molecule has 2 heterocycles. The maximum absolute atomic E-state index is 15.0. The molecule has 2 aromatic carbocycles. The molecule has 1 aliphatic carbocycles. The monoisotopic (exact) mass is 486 g/mol. The van der Waals surface area contributed by atoms with Crippen LogP contribution in [-0.2, 0) is 29.4 Å². The van der Waals surface area contributed by atoms with Gasteiger partial charge >= 0.3 is 5.76 Å². The molecular weight excluding hydrogens is 466 g/mol. The highest BCUT2D eigenvalue weighted by Gasteiger charge is 2.25. The molecule has 5 rings (SSSR count). The Balaban J connectivity index is 1.53. The van der Waals surface area contributed by atoms with E-state index < -0.39 is 32.4 Å². The smallest absolute Gasteiger partial charge is 0.408 e. The van der Waals surface area contributed by atoms with E-state index in [4.69, 9.17) is 10.2 Å². The summed E-state index contributed by atoms with van der Waals surface area (Å²) in [7, 11) is -4.47. The van der Waals surface area contributed by atoms with E-state index in [0.717, 1.165) is 47.7 Å². The number of fused-ring (bicyclic) bond motifs is 2. The minimum Gasteiger partial charge on any atom is -0.408 e. The number of oxazole rings is 1. The van der Waals surface area contributed by atoms with Crippen molar-refractivity contribution >= 4 is 26.9 Å². The van der Waals surface area contributed by atoms with Gasteiger partial charge in [0.2, 0.25) is 5.95 Å². The van der Waals surface area contributed by atoms with Gasteiger partial charge in [0.15, 0.2) is 5.58 Å². The van der Waals surface area contributed by atoms with E-state index in [1.165, 1.54) is 16.7 Å². The molecule has 0 aliphatic heterocycles. The average Bonchev–Trinajstić information content (AvgIpc) is 3.07. The summed E-state index contributed by atoms with van der Waals surface area (Å²) < 4.78 is 62.2. The van der Waals surface area contributed by atoms with Gasteiger partial charge in [-0.05, 0) is 48.1 Å². The molecule has 8 nitrogen and oxygen atoms in total. The minimum atomic E-state index is -4.47. The van der Waals surface area contributed by atoms with Crippen molar-refractivity contribution in [2.24, 2.45) is 5.73 Å². The van der Waals surface area contributed by atoms with E-state index in [0.29, 0.717) is 6.42 Å². The molecule has 0 saturated heterocycles. The van der Waals surface area contributed by atoms with E-state index in [-0.39, 0.29) is 29.5 Å². The third-order valence-electron chi connectivity index (χ3n) is 5.91. The Labute approximate surface area is 193 Å². The van der Waals surface area contributed by atoms with Gasteiger partial charge in [0.1, 0.15) is 16.5 Å². The third kappa shape index (κ3) is 4.08. The van der Waals surface area contributed by atoms with Gasteiger partial charge in [-0.3, -0.25) is 9.29 Å². The standard InChI is InChI=1S/C23H20F2N4O4S/c24-17-10-18-19(11-20(17)34(31,32)28-22-6-2-5-21(25)27-22)33-23(30)29(18)12-14-4-1-3-13-7-8-15(26)9-16(13)14/h1-6,10-11,15H,7-9,12,26H2,(H,27,28)/t15-/m0/s1. The molecule has 1 aliphatic rings. The number of halogens is 2. The van der Waals surface area contributed by atoms with Crippen LogP contribution >= 0.6 is 0 Å². The summed E-state index contributed by atoms with van der Waals surface area (Å²) in [6.45, 7) is 0.124. The van der Waals surface area contributed by atoms with Crippen LogP contribution in [0.4, 0.5) is 14.6 Å². The summed E-state index contributed by atoms with van der Waals surface area (Å²) in [6.07, 6.45) is 2.40. The highest BCUT2D eigenvalue weighted by Crippen LogP contribution is 2.27. The zero-order chi connectivity index (χ0) is 24.0. The van der Waals surface area contributed by atoms with Crippen LogP contribution in [0.25, 0.3) is 11.1 Å². The molecule has 0 fully saturated rings. The van der Waals surface area contributed by atoms with Gasteiger partial charge in [-0.2, -0.15) is 4.39 Å². The second-order valence-electron chi connectivity index (χ2n) is 8.21. The predicted molar refractivity (Wildman–Crippen MR) is 121 cm³/mol. The number of sulfonamides is 1. The van der Waals surface area contributed by atoms with Crippen LogP contribution in [0.2, 0.25) is 0 Å². The average molecular weight is 487 g/mol. The Hall–Kier alpha value is -3.57. The van der Waals surface area contributed by atoms with Crippen molar-refractivity contribution in [1.82, 2.24) is 9.55 Å². The fraction of sp³-hybridized carbons (Fsp3) is 0.217. The van der Waals surface area contributed by atoms with E-state index in [1.54, 1.807) is 0 Å². The number of anilines is 1. The van der Waals surface area contributed by atoms with E-state index in [9.17, 15) is 22.0 Å². The van der Waals surface area contributed by atoms with Gasteiger partial charge < -0.3 is 10.2 Å². The molecule has 0 spiro atoms. The molecule has 1 atom stereocenters. The van der Waals surface area contributed by atoms with Crippen LogP contribution < -0.4 is 16.2 Å². The Kier molecular flexibility index (Phi) is 5.45. The number of nitrogens with two attached hydrogens (primary N) is 1. The first-order valence-electron chi connectivity index (χ1n) is 10.5. The highest BCUT2D eigenvalue weighted by atomic mass is 32.2. The molecule has 0 bridgehead atoms. The summed E-state index contributed by atoms with van der Waals surface area (Å²) in [5.74, 6) is -3.06. The van der Waals surface area contributed by atoms with Crippen LogP contribution in [0.1, 0.15) is 23.1 Å². The summed E-state index contributed by atoms with van der Waals surface area (Å²) >= 11 is 0. The normalized spacial score (nSPS) is 15.9. The number of aromatic nitrogens is 2. The van der Waals surface area contributed by atoms with Crippen molar-refractivity contribution in [1.29, 1.82) is 0 Å². The van der Waals surface area contributed by atoms with Gasteiger partial charge in [-0.15, -0.1) is 0 Å². The molecule has 0 saturated carbocycles. The first-order chi connectivity index (χ1) is 16.2. The Morgan fingerprint density at radius 3 is 2.76 bits per heavy atom. The molecule has 2 aromatic heterocycles. The number of aryl methyl sites for hydroxylation is 1. The zero-order valence-electron chi connectivity index (χ0n) is 17.8. The number of nitrogens with one attached hydrogen (secondary N) is 1. The highest BCUT2D eigenvalue weighted by molar-refractivity contribution is 7.92. The summed E-state index contributed by atoms with van der Waals surface area (Å²) in [4.78, 5) is 15.3. The summed E-state index contributed by atoms with van der Waals surface area (Å²) in [5, 5.41) is 0. The Morgan fingerprint density at radius 1 is 1.18 bits per heavy atom. The lowest BCUT2D eigenvalue weighted by atomic mass is 9.85. The number of nitrogens with zero attached hydrogens (tertiary/aromatic N) is 2. The molecule has 0 amide bonds. The van der Waals surface area contributed by atoms with E-state index >= 15 is 0 Å². The molecule has 4 aromatic rings. The van der Waals surface area contributed by atoms with E-state index in [2.05, 4.69) is 4.98 Å². The topological polar surface area (TPSA) is 120 Å². The summed E-state index contributed by atoms with van der Waals surface area (Å²) in [5.41, 5.74) is 9.24. The molecule has 0 unspecified atom stereocenters. The SMILES string of the molecule is N[C@H]1CCc2cccc(Cn3c(=O)oc4cc(S(=O)(=O)Nc5cccc(F)n5)c(F)cc43)c2C1. The first-order valence-corrected chi connectivity index (χ1v) is 12.0. The van der Waals surface area contributed by atoms with Gasteiger partial charge in [0.05, 0.1) is 12.1 Å². The number of rotatable bonds is 5. The third-order valence-corrected chi connectivity index (χ3v) is 7.28. The van der Waals surface area contributed by atoms with Crippen LogP contribution in [0.5, 0.6) is 0 Å². The number of hydrogen-bond donors (Lipinski definition) is 2. The predicted octanol–water partition coefficient (Wildman–Crippen LogP) is 2.93. The lowest BCUT2D eigenvalue weighted by Crippen LogP contribution is -2.29. The zero-order valence-corrected chi connectivity index (χ0v) is 18.6. The minimum absolute atomic E-state index is 0.0248. The lowest BCUT2D eigenvalue weighted by Gasteiger charge is -2.24. The fourth-order valence-electron chi connectivity index (χ4n) is 4.29. The quantitative estimate of drug-likeness (QED) is 0.419. The van der Waals surface area contributed by atoms with Gasteiger partial charge in [-0.1, -0.05) is 24.3 Å². The number of pyridine rings is 1. The number of hydrogen-bond acceptors (Lipinski definition) is 6. The van der Waals surface area contributed by atoms with Crippen LogP contribution in [0.3, 0.4) is 0 Å². The van der Waals surface area contributed by atoms with Crippen molar-refractivity contribution in [2.75, 3.05) is 4.72 Å². The molecule has 11 heteroatoms. The largest absolute Gasteiger partial charge is 0.420 e. The van der Waals surface area contributed by atoms with Crippen molar-refractivity contribution in [3.63, 3.8) is 0 Å². The van der Waals surface area contributed by atoms with Gasteiger partial charge in [0, 0.05) is 18.2 Å². The molecular formula is C23H20F2N4O4S. The summed E-state index contributed by atoms with van der Waals surface area (Å²) in [6, 6.07) is 11.2. The molecule has 0 radical (unpaired) electrons. The number of benzene rings is 2. The first kappa shape index (κ1) is 22.2. The molecule has 176 valence electrons. The molecule has 34 heavy (non-hydrogen) atoms. The maximum atomic E-state index is 15.0. The van der Waals surface area contributed by atoms with Crippen LogP contribution in [0.15, 0.2) is 62.6 Å². The van der Waals surface area contributed by atoms with E-state index in [1.807, 2.05) is 22.9 Å². The van der Waals surface area contributed by atoms with Gasteiger partial charge in [0.25, 0.3) is 10.0 Å². The lowest BCUT2D eigenvalue weighted by molar-refractivity contribution is 0.514. The van der Waals surface area contributed by atoms with Crippen molar-refractivity contribution in [3.05, 3.63) is 87.5 Å². The van der Waals surface area contributed by atoms with Gasteiger partial charge in [-0.25, -0.2) is 22.6 Å². The van der Waals surface area contributed by atoms with Crippen molar-refractivity contribution in [3.8, 4) is 0 Å². The fourth-order valence-corrected chi connectivity index (χ4v) is 5.36. The Bertz CT molecular complexity index is 1580. The maximum Gasteiger partial charge on any atom is 0.420 e. The van der Waals surface area contributed by atoms with Crippen molar-refractivity contribution < 1.29 is 21.6 Å². The van der Waals surface area contributed by atoms with Crippen LogP contribution in [0, 0.1) is 11.8 Å². The Morgan fingerprint density at radius 2 is 1.97 bits per heavy atom.